The van der Waals surface area contributed by atoms with Gasteiger partial charge in [-0.3, -0.25) is 4.79 Å². The first kappa shape index (κ1) is 17.6. The zero-order chi connectivity index (χ0) is 18.0. The minimum atomic E-state index is -2.86. The van der Waals surface area contributed by atoms with Crippen LogP contribution < -0.4 is 4.74 Å². The topological polar surface area (TPSA) is 55.8 Å². The molecule has 0 N–H and O–H groups in total. The van der Waals surface area contributed by atoms with Crippen molar-refractivity contribution in [1.29, 1.82) is 0 Å². The fraction of sp³-hybridized carbons (Fsp3) is 0.556. The quantitative estimate of drug-likeness (QED) is 0.819. The summed E-state index contributed by atoms with van der Waals surface area (Å²) in [6.07, 6.45) is 2.44. The van der Waals surface area contributed by atoms with Crippen LogP contribution in [0.2, 0.25) is 0 Å². The van der Waals surface area contributed by atoms with E-state index in [1.807, 2.05) is 6.92 Å². The van der Waals surface area contributed by atoms with E-state index in [1.165, 1.54) is 12.1 Å². The van der Waals surface area contributed by atoms with Crippen molar-refractivity contribution in [2.75, 3.05) is 6.54 Å². The molecule has 1 heterocycles. The highest BCUT2D eigenvalue weighted by Crippen LogP contribution is 2.38. The normalized spacial score (nSPS) is 21.4. The molecule has 1 atom stereocenters. The second-order valence-corrected chi connectivity index (χ2v) is 6.66. The third-order valence-corrected chi connectivity index (χ3v) is 5.12. The highest BCUT2D eigenvalue weighted by Gasteiger charge is 2.44. The van der Waals surface area contributed by atoms with Crippen molar-refractivity contribution in [1.82, 2.24) is 4.90 Å². The van der Waals surface area contributed by atoms with E-state index in [9.17, 15) is 18.4 Å². The van der Waals surface area contributed by atoms with E-state index in [-0.39, 0.29) is 23.7 Å². The van der Waals surface area contributed by atoms with Gasteiger partial charge in [0, 0.05) is 25.8 Å². The van der Waals surface area contributed by atoms with E-state index in [4.69, 9.17) is 4.74 Å². The molecule has 25 heavy (non-hydrogen) atoms. The van der Waals surface area contributed by atoms with Crippen LogP contribution in [0, 0.1) is 0 Å². The van der Waals surface area contributed by atoms with Crippen molar-refractivity contribution in [3.63, 3.8) is 0 Å². The van der Waals surface area contributed by atoms with E-state index in [2.05, 4.69) is 4.74 Å². The van der Waals surface area contributed by atoms with Gasteiger partial charge in [-0.15, -0.1) is 0 Å². The molecule has 1 aromatic carbocycles. The molecule has 136 valence electrons. The number of Topliss-reactive ketones (excluding diaryl/α,β-unsaturated/α-hetero) is 1. The van der Waals surface area contributed by atoms with Crippen molar-refractivity contribution < 1.29 is 27.8 Å². The van der Waals surface area contributed by atoms with Gasteiger partial charge in [0.2, 0.25) is 0 Å². The summed E-state index contributed by atoms with van der Waals surface area (Å²) in [6, 6.07) is 6.01. The first-order valence-corrected chi connectivity index (χ1v) is 8.45. The molecule has 0 radical (unpaired) electrons. The van der Waals surface area contributed by atoms with Crippen LogP contribution in [0.15, 0.2) is 24.3 Å². The van der Waals surface area contributed by atoms with Crippen LogP contribution in [0.25, 0.3) is 0 Å². The third kappa shape index (κ3) is 3.91. The standard InChI is InChI=1S/C18H21F2NO4/c1-12(13-2-4-15(5-3-13)24-16(19)20)21-11-10-18(25-17(21)23)8-6-14(22)7-9-18/h2-5,12,16H,6-11H2,1H3. The Balaban J connectivity index is 1.64. The number of nitrogens with zero attached hydrogens (tertiary/aromatic N) is 1. The molecule has 1 unspecified atom stereocenters. The molecule has 5 nitrogen and oxygen atoms in total. The summed E-state index contributed by atoms with van der Waals surface area (Å²) in [6.45, 7) is -0.449. The summed E-state index contributed by atoms with van der Waals surface area (Å²) in [5, 5.41) is 0. The Kier molecular flexibility index (Phi) is 4.92. The predicted molar refractivity (Wildman–Crippen MR) is 85.5 cm³/mol. The van der Waals surface area contributed by atoms with E-state index < -0.39 is 12.2 Å². The van der Waals surface area contributed by atoms with E-state index in [0.29, 0.717) is 38.6 Å². The minimum Gasteiger partial charge on any atom is -0.443 e. The molecular formula is C18H21F2NO4. The number of carbonyl (C=O) groups excluding carboxylic acids is 2. The Morgan fingerprint density at radius 1 is 1.12 bits per heavy atom. The molecule has 1 aliphatic carbocycles. The van der Waals surface area contributed by atoms with Gasteiger partial charge in [0.05, 0.1) is 6.04 Å². The molecule has 1 aliphatic heterocycles. The molecule has 0 aromatic heterocycles. The fourth-order valence-corrected chi connectivity index (χ4v) is 3.51. The Hall–Kier alpha value is -2.18. The van der Waals surface area contributed by atoms with Gasteiger partial charge in [-0.1, -0.05) is 12.1 Å². The smallest absolute Gasteiger partial charge is 0.410 e. The van der Waals surface area contributed by atoms with Crippen molar-refractivity contribution in [3.8, 4) is 5.75 Å². The van der Waals surface area contributed by atoms with Crippen molar-refractivity contribution >= 4 is 11.9 Å². The number of rotatable bonds is 4. The lowest BCUT2D eigenvalue weighted by molar-refractivity contribution is -0.129. The Morgan fingerprint density at radius 2 is 1.76 bits per heavy atom. The van der Waals surface area contributed by atoms with Crippen LogP contribution in [0.3, 0.4) is 0 Å². The van der Waals surface area contributed by atoms with Crippen LogP contribution in [0.4, 0.5) is 13.6 Å². The van der Waals surface area contributed by atoms with Gasteiger partial charge >= 0.3 is 12.7 Å². The predicted octanol–water partition coefficient (Wildman–Crippen LogP) is 4.07. The summed E-state index contributed by atoms with van der Waals surface area (Å²) >= 11 is 0. The second-order valence-electron chi connectivity index (χ2n) is 6.66. The van der Waals surface area contributed by atoms with Gasteiger partial charge in [-0.2, -0.15) is 8.78 Å². The van der Waals surface area contributed by atoms with Crippen molar-refractivity contribution in [3.05, 3.63) is 29.8 Å². The fourth-order valence-electron chi connectivity index (χ4n) is 3.51. The van der Waals surface area contributed by atoms with Gasteiger partial charge in [-0.25, -0.2) is 4.79 Å². The molecular weight excluding hydrogens is 332 g/mol. The number of halogens is 2. The average molecular weight is 353 g/mol. The Bertz CT molecular complexity index is 637. The maximum absolute atomic E-state index is 12.5. The molecule has 1 saturated carbocycles. The molecule has 1 aromatic rings. The number of carbonyl (C=O) groups is 2. The van der Waals surface area contributed by atoms with Crippen LogP contribution in [-0.2, 0) is 9.53 Å². The molecule has 2 aliphatic rings. The van der Waals surface area contributed by atoms with E-state index in [1.54, 1.807) is 17.0 Å². The van der Waals surface area contributed by atoms with Crippen molar-refractivity contribution in [2.24, 2.45) is 0 Å². The summed E-state index contributed by atoms with van der Waals surface area (Å²) in [5.74, 6) is 0.307. The van der Waals surface area contributed by atoms with Crippen LogP contribution in [0.5, 0.6) is 5.75 Å². The highest BCUT2D eigenvalue weighted by atomic mass is 19.3. The number of alkyl halides is 2. The summed E-state index contributed by atoms with van der Waals surface area (Å²) in [5.41, 5.74) is 0.309. The monoisotopic (exact) mass is 353 g/mol. The van der Waals surface area contributed by atoms with Gasteiger partial charge in [0.25, 0.3) is 0 Å². The third-order valence-electron chi connectivity index (χ3n) is 5.12. The van der Waals surface area contributed by atoms with Gasteiger partial charge < -0.3 is 14.4 Å². The number of ether oxygens (including phenoxy) is 2. The van der Waals surface area contributed by atoms with Gasteiger partial charge in [0.15, 0.2) is 0 Å². The number of amides is 1. The number of hydrogen-bond acceptors (Lipinski definition) is 4. The summed E-state index contributed by atoms with van der Waals surface area (Å²) in [7, 11) is 0. The molecule has 0 bridgehead atoms. The first-order valence-electron chi connectivity index (χ1n) is 8.45. The van der Waals surface area contributed by atoms with Gasteiger partial charge in [-0.05, 0) is 37.5 Å². The molecule has 2 fully saturated rings. The van der Waals surface area contributed by atoms with Gasteiger partial charge in [0.1, 0.15) is 17.1 Å². The van der Waals surface area contributed by atoms with Crippen LogP contribution in [-0.4, -0.2) is 35.5 Å². The maximum atomic E-state index is 12.5. The number of ketones is 1. The molecule has 1 amide bonds. The zero-order valence-electron chi connectivity index (χ0n) is 14.0. The summed E-state index contributed by atoms with van der Waals surface area (Å²) in [4.78, 5) is 25.5. The summed E-state index contributed by atoms with van der Waals surface area (Å²) < 4.78 is 34.5. The highest BCUT2D eigenvalue weighted by molar-refractivity contribution is 5.80. The molecule has 7 heteroatoms. The van der Waals surface area contributed by atoms with E-state index >= 15 is 0 Å². The Labute approximate surface area is 144 Å². The lowest BCUT2D eigenvalue weighted by atomic mass is 9.80. The SMILES string of the molecule is CC(c1ccc(OC(F)F)cc1)N1CCC2(CCC(=O)CC2)OC1=O. The lowest BCUT2D eigenvalue weighted by Crippen LogP contribution is -2.51. The van der Waals surface area contributed by atoms with E-state index in [0.717, 1.165) is 5.56 Å². The number of benzene rings is 1. The number of hydrogen-bond donors (Lipinski definition) is 0. The zero-order valence-corrected chi connectivity index (χ0v) is 14.0. The largest absolute Gasteiger partial charge is 0.443 e. The molecule has 1 saturated heterocycles. The minimum absolute atomic E-state index is 0.0815. The molecule has 3 rings (SSSR count). The average Bonchev–Trinajstić information content (AvgIpc) is 2.58. The maximum Gasteiger partial charge on any atom is 0.410 e. The van der Waals surface area contributed by atoms with Crippen LogP contribution in [0.1, 0.15) is 50.6 Å². The van der Waals surface area contributed by atoms with Crippen LogP contribution >= 0.6 is 0 Å². The molecule has 1 spiro atoms. The first-order chi connectivity index (χ1) is 11.9. The second kappa shape index (κ2) is 6.98. The Morgan fingerprint density at radius 3 is 2.32 bits per heavy atom. The van der Waals surface area contributed by atoms with Crippen molar-refractivity contribution in [2.45, 2.75) is 57.3 Å². The lowest BCUT2D eigenvalue weighted by Gasteiger charge is -2.44.